The van der Waals surface area contributed by atoms with Gasteiger partial charge in [-0.25, -0.2) is 4.68 Å². The lowest BCUT2D eigenvalue weighted by Crippen LogP contribution is -2.45. The summed E-state index contributed by atoms with van der Waals surface area (Å²) in [5.74, 6) is 0.0414. The summed E-state index contributed by atoms with van der Waals surface area (Å²) in [5, 5.41) is 13.2. The topological polar surface area (TPSA) is 61.6 Å². The first-order valence-electron chi connectivity index (χ1n) is 6.71. The Balaban J connectivity index is 2.08. The molecule has 2 heterocycles. The molecule has 0 amide bonds. The third-order valence-corrected chi connectivity index (χ3v) is 3.52. The monoisotopic (exact) mass is 266 g/mol. The molecule has 1 N–H and O–H groups in total. The van der Waals surface area contributed by atoms with Crippen molar-refractivity contribution >= 4 is 5.69 Å². The minimum atomic E-state index is -0.100. The van der Waals surface area contributed by atoms with Crippen LogP contribution in [0.25, 0.3) is 0 Å². The zero-order valence-electron chi connectivity index (χ0n) is 11.6. The number of hydrogen-bond acceptors (Lipinski definition) is 5. The van der Waals surface area contributed by atoms with Gasteiger partial charge >= 0.3 is 0 Å². The zero-order valence-corrected chi connectivity index (χ0v) is 11.6. The van der Waals surface area contributed by atoms with Crippen molar-refractivity contribution in [2.24, 2.45) is 5.92 Å². The molecule has 106 valence electrons. The number of piperazine rings is 1. The summed E-state index contributed by atoms with van der Waals surface area (Å²) in [4.78, 5) is 16.4. The summed E-state index contributed by atoms with van der Waals surface area (Å²) in [5.41, 5.74) is 0.794. The fourth-order valence-electron chi connectivity index (χ4n) is 2.15. The van der Waals surface area contributed by atoms with Gasteiger partial charge in [-0.1, -0.05) is 6.92 Å². The molecule has 1 aromatic heterocycles. The van der Waals surface area contributed by atoms with Crippen molar-refractivity contribution in [2.45, 2.75) is 13.5 Å². The van der Waals surface area contributed by atoms with Gasteiger partial charge in [0.15, 0.2) is 0 Å². The Morgan fingerprint density at radius 2 is 2.05 bits per heavy atom. The summed E-state index contributed by atoms with van der Waals surface area (Å²) in [6.07, 6.45) is 1.75. The van der Waals surface area contributed by atoms with Gasteiger partial charge in [-0.2, -0.15) is 5.10 Å². The van der Waals surface area contributed by atoms with Crippen LogP contribution in [0.1, 0.15) is 6.92 Å². The van der Waals surface area contributed by atoms with E-state index in [2.05, 4.69) is 21.9 Å². The number of aromatic nitrogens is 2. The summed E-state index contributed by atoms with van der Waals surface area (Å²) in [6.45, 7) is 6.27. The lowest BCUT2D eigenvalue weighted by Gasteiger charge is -2.33. The predicted octanol–water partition coefficient (Wildman–Crippen LogP) is -0.376. The Labute approximate surface area is 113 Å². The third-order valence-electron chi connectivity index (χ3n) is 3.52. The molecule has 19 heavy (non-hydrogen) atoms. The van der Waals surface area contributed by atoms with Gasteiger partial charge in [0.2, 0.25) is 0 Å². The van der Waals surface area contributed by atoms with Crippen molar-refractivity contribution in [2.75, 3.05) is 44.7 Å². The van der Waals surface area contributed by atoms with Crippen molar-refractivity contribution in [3.8, 4) is 0 Å². The summed E-state index contributed by atoms with van der Waals surface area (Å²) >= 11 is 0. The first kappa shape index (κ1) is 14.0. The molecule has 0 spiro atoms. The maximum Gasteiger partial charge on any atom is 0.268 e. The van der Waals surface area contributed by atoms with Gasteiger partial charge in [0.05, 0.1) is 11.9 Å². The molecule has 6 nitrogen and oxygen atoms in total. The molecule has 1 saturated heterocycles. The van der Waals surface area contributed by atoms with Gasteiger partial charge in [0, 0.05) is 45.4 Å². The number of aliphatic hydroxyl groups excluding tert-OH is 1. The molecule has 1 aliphatic rings. The van der Waals surface area contributed by atoms with Crippen LogP contribution >= 0.6 is 0 Å². The van der Waals surface area contributed by atoms with E-state index in [1.54, 1.807) is 12.3 Å². The molecule has 0 radical (unpaired) electrons. The van der Waals surface area contributed by atoms with E-state index >= 15 is 0 Å². The highest BCUT2D eigenvalue weighted by molar-refractivity contribution is 5.43. The molecular formula is C13H22N4O2. The van der Waals surface area contributed by atoms with E-state index in [9.17, 15) is 4.79 Å². The van der Waals surface area contributed by atoms with Crippen LogP contribution < -0.4 is 10.5 Å². The summed E-state index contributed by atoms with van der Waals surface area (Å²) in [7, 11) is 2.10. The Hall–Kier alpha value is -1.40. The standard InChI is InChI=1S/C13H22N4O2/c1-11(10-18)9-17-13(19)7-12(8-14-17)16-5-3-15(2)4-6-16/h7-8,11,18H,3-6,9-10H2,1-2H3. The predicted molar refractivity (Wildman–Crippen MR) is 74.5 cm³/mol. The second kappa shape index (κ2) is 6.16. The highest BCUT2D eigenvalue weighted by Gasteiger charge is 2.15. The van der Waals surface area contributed by atoms with Crippen LogP contribution in [0.2, 0.25) is 0 Å². The Morgan fingerprint density at radius 3 is 2.63 bits per heavy atom. The second-order valence-electron chi connectivity index (χ2n) is 5.31. The van der Waals surface area contributed by atoms with Gasteiger partial charge in [-0.3, -0.25) is 4.79 Å². The molecule has 0 saturated carbocycles. The average molecular weight is 266 g/mol. The van der Waals surface area contributed by atoms with Crippen LogP contribution in [0, 0.1) is 5.92 Å². The molecule has 1 aromatic rings. The first-order chi connectivity index (χ1) is 9.10. The zero-order chi connectivity index (χ0) is 13.8. The van der Waals surface area contributed by atoms with E-state index in [4.69, 9.17) is 5.11 Å². The summed E-state index contributed by atoms with van der Waals surface area (Å²) in [6, 6.07) is 1.64. The number of likely N-dealkylation sites (N-methyl/N-ethyl adjacent to an activating group) is 1. The fourth-order valence-corrected chi connectivity index (χ4v) is 2.15. The largest absolute Gasteiger partial charge is 0.396 e. The number of aliphatic hydroxyl groups is 1. The highest BCUT2D eigenvalue weighted by Crippen LogP contribution is 2.12. The smallest absolute Gasteiger partial charge is 0.268 e. The minimum Gasteiger partial charge on any atom is -0.396 e. The van der Waals surface area contributed by atoms with Crippen LogP contribution in [0.4, 0.5) is 5.69 Å². The molecule has 0 aliphatic carbocycles. The lowest BCUT2D eigenvalue weighted by atomic mass is 10.2. The number of rotatable bonds is 4. The molecule has 6 heteroatoms. The molecule has 0 bridgehead atoms. The molecule has 1 fully saturated rings. The molecular weight excluding hydrogens is 244 g/mol. The summed E-state index contributed by atoms with van der Waals surface area (Å²) < 4.78 is 1.42. The Morgan fingerprint density at radius 1 is 1.37 bits per heavy atom. The van der Waals surface area contributed by atoms with Crippen LogP contribution in [0.5, 0.6) is 0 Å². The van der Waals surface area contributed by atoms with Crippen molar-refractivity contribution in [3.63, 3.8) is 0 Å². The van der Waals surface area contributed by atoms with Gasteiger partial charge in [0.25, 0.3) is 5.56 Å². The maximum atomic E-state index is 12.0. The number of nitrogens with zero attached hydrogens (tertiary/aromatic N) is 4. The van der Waals surface area contributed by atoms with Crippen molar-refractivity contribution < 1.29 is 5.11 Å². The highest BCUT2D eigenvalue weighted by atomic mass is 16.3. The van der Waals surface area contributed by atoms with Crippen molar-refractivity contribution in [1.82, 2.24) is 14.7 Å². The second-order valence-corrected chi connectivity index (χ2v) is 5.31. The number of hydrogen-bond donors (Lipinski definition) is 1. The quantitative estimate of drug-likeness (QED) is 0.805. The molecule has 2 rings (SSSR count). The molecule has 1 atom stereocenters. The van der Waals surface area contributed by atoms with Crippen molar-refractivity contribution in [1.29, 1.82) is 0 Å². The third kappa shape index (κ3) is 3.54. The van der Waals surface area contributed by atoms with E-state index < -0.39 is 0 Å². The van der Waals surface area contributed by atoms with Gasteiger partial charge in [0.1, 0.15) is 0 Å². The van der Waals surface area contributed by atoms with Gasteiger partial charge in [-0.15, -0.1) is 0 Å². The Bertz CT molecular complexity index is 466. The van der Waals surface area contributed by atoms with E-state index in [1.165, 1.54) is 4.68 Å². The fraction of sp³-hybridized carbons (Fsp3) is 0.692. The van der Waals surface area contributed by atoms with Crippen LogP contribution in [-0.4, -0.2) is 59.6 Å². The first-order valence-corrected chi connectivity index (χ1v) is 6.71. The van der Waals surface area contributed by atoms with E-state index in [0.717, 1.165) is 31.9 Å². The maximum absolute atomic E-state index is 12.0. The molecule has 1 aliphatic heterocycles. The van der Waals surface area contributed by atoms with Gasteiger partial charge in [-0.05, 0) is 13.0 Å². The van der Waals surface area contributed by atoms with E-state index in [0.29, 0.717) is 6.54 Å². The SMILES string of the molecule is CC(CO)Cn1ncc(N2CCN(C)CC2)cc1=O. The van der Waals surface area contributed by atoms with Crippen molar-refractivity contribution in [3.05, 3.63) is 22.6 Å². The lowest BCUT2D eigenvalue weighted by molar-refractivity contribution is 0.217. The van der Waals surface area contributed by atoms with Crippen LogP contribution in [0.15, 0.2) is 17.1 Å². The number of anilines is 1. The van der Waals surface area contributed by atoms with E-state index in [-0.39, 0.29) is 18.1 Å². The normalized spacial score (nSPS) is 18.6. The van der Waals surface area contributed by atoms with E-state index in [1.807, 2.05) is 6.92 Å². The van der Waals surface area contributed by atoms with Crippen LogP contribution in [0.3, 0.4) is 0 Å². The Kier molecular flexibility index (Phi) is 4.55. The average Bonchev–Trinajstić information content (AvgIpc) is 2.41. The molecule has 0 aromatic carbocycles. The minimum absolute atomic E-state index is 0.0414. The van der Waals surface area contributed by atoms with Gasteiger partial charge < -0.3 is 14.9 Å². The molecule has 1 unspecified atom stereocenters. The van der Waals surface area contributed by atoms with Crippen LogP contribution in [-0.2, 0) is 6.54 Å².